The first-order valence-electron chi connectivity index (χ1n) is 7.89. The summed E-state index contributed by atoms with van der Waals surface area (Å²) >= 11 is 0. The van der Waals surface area contributed by atoms with Gasteiger partial charge in [-0.15, -0.1) is 0 Å². The molecule has 0 spiro atoms. The van der Waals surface area contributed by atoms with Crippen molar-refractivity contribution in [1.29, 1.82) is 0 Å². The number of para-hydroxylation sites is 1. The Hall–Kier alpha value is -2.90. The number of amides is 2. The first-order chi connectivity index (χ1) is 12.2. The summed E-state index contributed by atoms with van der Waals surface area (Å²) in [4.78, 5) is 23.4. The summed E-state index contributed by atoms with van der Waals surface area (Å²) in [5.74, 6) is -1.48. The van der Waals surface area contributed by atoms with Crippen LogP contribution in [-0.4, -0.2) is 43.3 Å². The molecule has 2 aromatic carbocycles. The van der Waals surface area contributed by atoms with E-state index in [1.165, 1.54) is 0 Å². The molecule has 7 nitrogen and oxygen atoms in total. The minimum Gasteiger partial charge on any atom is -0.394 e. The molecule has 0 atom stereocenters. The molecule has 0 saturated heterocycles. The predicted molar refractivity (Wildman–Crippen MR) is 95.7 cm³/mol. The average Bonchev–Trinajstić information content (AvgIpc) is 2.64. The molecule has 0 aromatic heterocycles. The summed E-state index contributed by atoms with van der Waals surface area (Å²) in [6, 6.07) is 16.7. The van der Waals surface area contributed by atoms with Crippen molar-refractivity contribution in [2.75, 3.05) is 37.0 Å². The third-order valence-corrected chi connectivity index (χ3v) is 3.18. The monoisotopic (exact) mass is 343 g/mol. The zero-order valence-electron chi connectivity index (χ0n) is 13.7. The van der Waals surface area contributed by atoms with Gasteiger partial charge in [-0.3, -0.25) is 9.59 Å². The molecule has 0 heterocycles. The fourth-order valence-electron chi connectivity index (χ4n) is 2.00. The molecule has 0 aliphatic carbocycles. The highest BCUT2D eigenvalue weighted by molar-refractivity contribution is 6.39. The Morgan fingerprint density at radius 1 is 0.840 bits per heavy atom. The van der Waals surface area contributed by atoms with Crippen LogP contribution in [0.1, 0.15) is 0 Å². The van der Waals surface area contributed by atoms with Crippen LogP contribution in [0.2, 0.25) is 0 Å². The summed E-state index contributed by atoms with van der Waals surface area (Å²) in [5.41, 5.74) is 2.35. The van der Waals surface area contributed by atoms with Gasteiger partial charge in [-0.2, -0.15) is 0 Å². The lowest BCUT2D eigenvalue weighted by atomic mass is 10.2. The van der Waals surface area contributed by atoms with Gasteiger partial charge in [0, 0.05) is 23.6 Å². The van der Waals surface area contributed by atoms with E-state index in [0.29, 0.717) is 5.69 Å². The van der Waals surface area contributed by atoms with Crippen molar-refractivity contribution in [2.45, 2.75) is 0 Å². The largest absolute Gasteiger partial charge is 0.394 e. The lowest BCUT2D eigenvalue weighted by Gasteiger charge is -2.09. The molecular formula is C18H21N3O4. The van der Waals surface area contributed by atoms with Gasteiger partial charge in [0.05, 0.1) is 19.8 Å². The van der Waals surface area contributed by atoms with E-state index in [9.17, 15) is 9.59 Å². The molecule has 0 aliphatic heterocycles. The first kappa shape index (κ1) is 18.4. The summed E-state index contributed by atoms with van der Waals surface area (Å²) < 4.78 is 4.99. The number of benzene rings is 2. The molecule has 0 bridgehead atoms. The minimum absolute atomic E-state index is 0.0798. The lowest BCUT2D eigenvalue weighted by molar-refractivity contribution is -0.136. The molecule has 2 rings (SSSR count). The first-order valence-corrected chi connectivity index (χ1v) is 7.89. The zero-order chi connectivity index (χ0) is 17.9. The Morgan fingerprint density at radius 3 is 2.16 bits per heavy atom. The lowest BCUT2D eigenvalue weighted by Crippen LogP contribution is -2.37. The maximum atomic E-state index is 11.8. The number of anilines is 3. The van der Waals surface area contributed by atoms with E-state index >= 15 is 0 Å². The van der Waals surface area contributed by atoms with E-state index in [1.807, 2.05) is 42.5 Å². The van der Waals surface area contributed by atoms with Gasteiger partial charge in [0.1, 0.15) is 0 Å². The third-order valence-electron chi connectivity index (χ3n) is 3.18. The number of nitrogens with one attached hydrogen (secondary N) is 3. The number of hydrogen-bond acceptors (Lipinski definition) is 5. The van der Waals surface area contributed by atoms with E-state index in [-0.39, 0.29) is 26.4 Å². The Kier molecular flexibility index (Phi) is 7.42. The molecular weight excluding hydrogens is 322 g/mol. The zero-order valence-corrected chi connectivity index (χ0v) is 13.7. The molecule has 4 N–H and O–H groups in total. The number of aliphatic hydroxyl groups is 1. The van der Waals surface area contributed by atoms with Crippen LogP contribution >= 0.6 is 0 Å². The van der Waals surface area contributed by atoms with Gasteiger partial charge in [-0.05, 0) is 36.4 Å². The van der Waals surface area contributed by atoms with E-state index in [1.54, 1.807) is 12.1 Å². The quantitative estimate of drug-likeness (QED) is 0.430. The molecule has 132 valence electrons. The number of rotatable bonds is 8. The van der Waals surface area contributed by atoms with Crippen LogP contribution in [0.15, 0.2) is 54.6 Å². The average molecular weight is 343 g/mol. The van der Waals surface area contributed by atoms with Crippen LogP contribution in [0.3, 0.4) is 0 Å². The Balaban J connectivity index is 1.78. The summed E-state index contributed by atoms with van der Waals surface area (Å²) in [6.45, 7) is 0.556. The second kappa shape index (κ2) is 10.1. The van der Waals surface area contributed by atoms with Crippen LogP contribution in [0.25, 0.3) is 0 Å². The van der Waals surface area contributed by atoms with Crippen molar-refractivity contribution in [2.24, 2.45) is 0 Å². The molecule has 0 unspecified atom stereocenters. The van der Waals surface area contributed by atoms with Gasteiger partial charge >= 0.3 is 11.8 Å². The molecule has 0 aliphatic rings. The smallest absolute Gasteiger partial charge is 0.313 e. The van der Waals surface area contributed by atoms with Crippen LogP contribution in [0.5, 0.6) is 0 Å². The summed E-state index contributed by atoms with van der Waals surface area (Å²) in [6.07, 6.45) is 0. The molecule has 7 heteroatoms. The predicted octanol–water partition coefficient (Wildman–Crippen LogP) is 1.49. The second-order valence-corrected chi connectivity index (χ2v) is 5.11. The summed E-state index contributed by atoms with van der Waals surface area (Å²) in [7, 11) is 0. The van der Waals surface area contributed by atoms with Crippen molar-refractivity contribution >= 4 is 28.9 Å². The number of aliphatic hydroxyl groups excluding tert-OH is 1. The van der Waals surface area contributed by atoms with E-state index in [4.69, 9.17) is 9.84 Å². The molecule has 25 heavy (non-hydrogen) atoms. The van der Waals surface area contributed by atoms with Crippen molar-refractivity contribution in [1.82, 2.24) is 5.32 Å². The highest BCUT2D eigenvalue weighted by Crippen LogP contribution is 2.18. The third kappa shape index (κ3) is 6.62. The van der Waals surface area contributed by atoms with Crippen molar-refractivity contribution in [3.63, 3.8) is 0 Å². The van der Waals surface area contributed by atoms with Crippen LogP contribution < -0.4 is 16.0 Å². The minimum atomic E-state index is -0.745. The number of carbonyl (C=O) groups is 2. The van der Waals surface area contributed by atoms with Crippen molar-refractivity contribution in [3.8, 4) is 0 Å². The van der Waals surface area contributed by atoms with Gasteiger partial charge in [0.15, 0.2) is 0 Å². The maximum absolute atomic E-state index is 11.8. The van der Waals surface area contributed by atoms with Crippen molar-refractivity contribution < 1.29 is 19.4 Å². The van der Waals surface area contributed by atoms with Crippen LogP contribution in [0.4, 0.5) is 17.1 Å². The molecule has 2 amide bonds. The topological polar surface area (TPSA) is 99.7 Å². The number of ether oxygens (including phenoxy) is 1. The molecule has 0 fully saturated rings. The highest BCUT2D eigenvalue weighted by atomic mass is 16.5. The van der Waals surface area contributed by atoms with Crippen LogP contribution in [0, 0.1) is 0 Å². The van der Waals surface area contributed by atoms with Crippen LogP contribution in [-0.2, 0) is 14.3 Å². The standard InChI is InChI=1S/C18H21N3O4/c22-11-13-25-12-10-19-17(23)18(24)21-16-8-6-15(7-9-16)20-14-4-2-1-3-5-14/h1-9,20,22H,10-13H2,(H,19,23)(H,21,24). The number of carbonyl (C=O) groups excluding carboxylic acids is 2. The number of hydrogen-bond donors (Lipinski definition) is 4. The van der Waals surface area contributed by atoms with Gasteiger partial charge in [0.2, 0.25) is 0 Å². The SMILES string of the molecule is O=C(NCCOCCO)C(=O)Nc1ccc(Nc2ccccc2)cc1. The molecule has 0 saturated carbocycles. The van der Waals surface area contributed by atoms with Gasteiger partial charge < -0.3 is 25.8 Å². The van der Waals surface area contributed by atoms with Gasteiger partial charge in [0.25, 0.3) is 0 Å². The van der Waals surface area contributed by atoms with Gasteiger partial charge in [-0.25, -0.2) is 0 Å². The fourth-order valence-corrected chi connectivity index (χ4v) is 2.00. The maximum Gasteiger partial charge on any atom is 0.313 e. The van der Waals surface area contributed by atoms with E-state index in [2.05, 4.69) is 16.0 Å². The van der Waals surface area contributed by atoms with Gasteiger partial charge in [-0.1, -0.05) is 18.2 Å². The van der Waals surface area contributed by atoms with E-state index in [0.717, 1.165) is 11.4 Å². The Morgan fingerprint density at radius 2 is 1.48 bits per heavy atom. The van der Waals surface area contributed by atoms with Crippen molar-refractivity contribution in [3.05, 3.63) is 54.6 Å². The Bertz CT molecular complexity index is 674. The summed E-state index contributed by atoms with van der Waals surface area (Å²) in [5, 5.41) is 16.7. The fraction of sp³-hybridized carbons (Fsp3) is 0.222. The molecule has 0 radical (unpaired) electrons. The molecule has 2 aromatic rings. The Labute approximate surface area is 146 Å². The highest BCUT2D eigenvalue weighted by Gasteiger charge is 2.12. The van der Waals surface area contributed by atoms with E-state index < -0.39 is 11.8 Å². The normalized spacial score (nSPS) is 10.1. The second-order valence-electron chi connectivity index (χ2n) is 5.11.